The quantitative estimate of drug-likeness (QED) is 0.380. The SMILES string of the molecule is CCC(C)CN(C)c1cccc(Br)c1/C(N)=N/O. The minimum Gasteiger partial charge on any atom is -0.409 e. The average molecular weight is 314 g/mol. The molecule has 1 aromatic rings. The van der Waals surface area contributed by atoms with Crippen molar-refractivity contribution in [2.45, 2.75) is 20.3 Å². The van der Waals surface area contributed by atoms with E-state index in [1.165, 1.54) is 0 Å². The third kappa shape index (κ3) is 3.38. The summed E-state index contributed by atoms with van der Waals surface area (Å²) in [5.41, 5.74) is 7.43. The van der Waals surface area contributed by atoms with Crippen LogP contribution in [0.3, 0.4) is 0 Å². The van der Waals surface area contributed by atoms with Crippen LogP contribution in [-0.2, 0) is 0 Å². The van der Waals surface area contributed by atoms with Crippen molar-refractivity contribution in [3.8, 4) is 0 Å². The fourth-order valence-electron chi connectivity index (χ4n) is 1.83. The molecule has 0 aromatic heterocycles. The molecule has 1 unspecified atom stereocenters. The molecule has 18 heavy (non-hydrogen) atoms. The predicted molar refractivity (Wildman–Crippen MR) is 79.4 cm³/mol. The Kier molecular flexibility index (Phi) is 5.47. The van der Waals surface area contributed by atoms with Gasteiger partial charge in [0.25, 0.3) is 0 Å². The molecule has 0 saturated carbocycles. The van der Waals surface area contributed by atoms with Crippen molar-refractivity contribution in [3.63, 3.8) is 0 Å². The minimum absolute atomic E-state index is 0.119. The molecule has 0 aliphatic heterocycles. The third-order valence-electron chi connectivity index (χ3n) is 3.05. The number of nitrogens with zero attached hydrogens (tertiary/aromatic N) is 2. The molecule has 0 fully saturated rings. The Morgan fingerprint density at radius 2 is 2.22 bits per heavy atom. The number of hydrogen-bond acceptors (Lipinski definition) is 3. The molecule has 0 radical (unpaired) electrons. The Morgan fingerprint density at radius 1 is 1.56 bits per heavy atom. The smallest absolute Gasteiger partial charge is 0.173 e. The summed E-state index contributed by atoms with van der Waals surface area (Å²) in [6.07, 6.45) is 1.12. The zero-order chi connectivity index (χ0) is 13.7. The molecular formula is C13H20BrN3O. The first-order valence-corrected chi connectivity index (χ1v) is 6.78. The lowest BCUT2D eigenvalue weighted by Gasteiger charge is -2.25. The number of rotatable bonds is 5. The maximum atomic E-state index is 8.87. The van der Waals surface area contributed by atoms with Gasteiger partial charge in [0, 0.05) is 23.8 Å². The number of halogens is 1. The average Bonchev–Trinajstić information content (AvgIpc) is 2.37. The van der Waals surface area contributed by atoms with Gasteiger partial charge in [0.2, 0.25) is 0 Å². The van der Waals surface area contributed by atoms with Crippen LogP contribution in [0, 0.1) is 5.92 Å². The molecular weight excluding hydrogens is 294 g/mol. The number of benzene rings is 1. The van der Waals surface area contributed by atoms with Gasteiger partial charge in [-0.3, -0.25) is 0 Å². The van der Waals surface area contributed by atoms with E-state index in [-0.39, 0.29) is 5.84 Å². The van der Waals surface area contributed by atoms with Crippen molar-refractivity contribution in [2.75, 3.05) is 18.5 Å². The van der Waals surface area contributed by atoms with E-state index in [1.807, 2.05) is 25.2 Å². The molecule has 4 nitrogen and oxygen atoms in total. The molecule has 0 saturated heterocycles. The highest BCUT2D eigenvalue weighted by atomic mass is 79.9. The maximum Gasteiger partial charge on any atom is 0.173 e. The lowest BCUT2D eigenvalue weighted by Crippen LogP contribution is -2.27. The fraction of sp³-hybridized carbons (Fsp3) is 0.462. The van der Waals surface area contributed by atoms with Gasteiger partial charge in [-0.1, -0.05) is 31.5 Å². The second-order valence-corrected chi connectivity index (χ2v) is 5.37. The van der Waals surface area contributed by atoms with Gasteiger partial charge in [-0.15, -0.1) is 0 Å². The molecule has 1 atom stereocenters. The lowest BCUT2D eigenvalue weighted by atomic mass is 10.1. The molecule has 0 heterocycles. The van der Waals surface area contributed by atoms with Crippen molar-refractivity contribution in [1.29, 1.82) is 0 Å². The van der Waals surface area contributed by atoms with Gasteiger partial charge in [0.05, 0.1) is 5.56 Å². The molecule has 3 N–H and O–H groups in total. The summed E-state index contributed by atoms with van der Waals surface area (Å²) in [6.45, 7) is 5.31. The number of hydrogen-bond donors (Lipinski definition) is 2. The van der Waals surface area contributed by atoms with Crippen molar-refractivity contribution in [2.24, 2.45) is 16.8 Å². The first kappa shape index (κ1) is 14.8. The van der Waals surface area contributed by atoms with Crippen LogP contribution in [0.25, 0.3) is 0 Å². The summed E-state index contributed by atoms with van der Waals surface area (Å²) in [5.74, 6) is 0.711. The lowest BCUT2D eigenvalue weighted by molar-refractivity contribution is 0.318. The molecule has 0 bridgehead atoms. The van der Waals surface area contributed by atoms with E-state index >= 15 is 0 Å². The highest BCUT2D eigenvalue weighted by Crippen LogP contribution is 2.27. The monoisotopic (exact) mass is 313 g/mol. The van der Waals surface area contributed by atoms with E-state index in [4.69, 9.17) is 10.9 Å². The van der Waals surface area contributed by atoms with Crippen molar-refractivity contribution in [1.82, 2.24) is 0 Å². The summed E-state index contributed by atoms with van der Waals surface area (Å²) < 4.78 is 0.825. The summed E-state index contributed by atoms with van der Waals surface area (Å²) in [6, 6.07) is 5.80. The normalized spacial score (nSPS) is 13.4. The predicted octanol–water partition coefficient (Wildman–Crippen LogP) is 3.03. The van der Waals surface area contributed by atoms with Gasteiger partial charge in [0.1, 0.15) is 0 Å². The third-order valence-corrected chi connectivity index (χ3v) is 3.71. The van der Waals surface area contributed by atoms with Crippen LogP contribution in [0.1, 0.15) is 25.8 Å². The number of amidine groups is 1. The fourth-order valence-corrected chi connectivity index (χ4v) is 2.39. The topological polar surface area (TPSA) is 61.8 Å². The van der Waals surface area contributed by atoms with Gasteiger partial charge in [-0.2, -0.15) is 0 Å². The number of nitrogens with two attached hydrogens (primary N) is 1. The van der Waals surface area contributed by atoms with Crippen molar-refractivity contribution < 1.29 is 5.21 Å². The first-order valence-electron chi connectivity index (χ1n) is 5.98. The van der Waals surface area contributed by atoms with Crippen LogP contribution in [0.2, 0.25) is 0 Å². The van der Waals surface area contributed by atoms with Crippen LogP contribution in [0.5, 0.6) is 0 Å². The number of anilines is 1. The van der Waals surface area contributed by atoms with Gasteiger partial charge in [0.15, 0.2) is 5.84 Å². The van der Waals surface area contributed by atoms with Crippen LogP contribution < -0.4 is 10.6 Å². The van der Waals surface area contributed by atoms with Crippen molar-refractivity contribution >= 4 is 27.5 Å². The first-order chi connectivity index (χ1) is 8.51. The summed E-state index contributed by atoms with van der Waals surface area (Å²) in [7, 11) is 2.02. The second-order valence-electron chi connectivity index (χ2n) is 4.51. The standard InChI is InChI=1S/C13H20BrN3O/c1-4-9(2)8-17(3)11-7-5-6-10(14)12(11)13(15)16-18/h5-7,9,18H,4,8H2,1-3H3,(H2,15,16). The summed E-state index contributed by atoms with van der Waals surface area (Å²) in [5, 5.41) is 12.0. The van der Waals surface area contributed by atoms with Gasteiger partial charge < -0.3 is 15.8 Å². The van der Waals surface area contributed by atoms with E-state index in [0.29, 0.717) is 5.92 Å². The van der Waals surface area contributed by atoms with Crippen LogP contribution in [0.4, 0.5) is 5.69 Å². The Hall–Kier alpha value is -1.23. The van der Waals surface area contributed by atoms with E-state index in [9.17, 15) is 0 Å². The molecule has 0 aliphatic rings. The molecule has 100 valence electrons. The Balaban J connectivity index is 3.12. The van der Waals surface area contributed by atoms with Crippen LogP contribution >= 0.6 is 15.9 Å². The van der Waals surface area contributed by atoms with Gasteiger partial charge >= 0.3 is 0 Å². The molecule has 0 amide bonds. The molecule has 1 aromatic carbocycles. The zero-order valence-electron chi connectivity index (χ0n) is 11.0. The van der Waals surface area contributed by atoms with E-state index in [2.05, 4.69) is 39.8 Å². The highest BCUT2D eigenvalue weighted by molar-refractivity contribution is 9.10. The van der Waals surface area contributed by atoms with Crippen LogP contribution in [-0.4, -0.2) is 24.6 Å². The van der Waals surface area contributed by atoms with Crippen molar-refractivity contribution in [3.05, 3.63) is 28.2 Å². The molecule has 0 aliphatic carbocycles. The highest BCUT2D eigenvalue weighted by Gasteiger charge is 2.15. The summed E-state index contributed by atoms with van der Waals surface area (Å²) >= 11 is 3.44. The van der Waals surface area contributed by atoms with Gasteiger partial charge in [-0.05, 0) is 34.0 Å². The molecule has 0 spiro atoms. The van der Waals surface area contributed by atoms with E-state index in [0.717, 1.165) is 28.7 Å². The Bertz CT molecular complexity index is 434. The molecule has 5 heteroatoms. The summed E-state index contributed by atoms with van der Waals surface area (Å²) in [4.78, 5) is 2.13. The van der Waals surface area contributed by atoms with E-state index < -0.39 is 0 Å². The Labute approximate surface area is 117 Å². The zero-order valence-corrected chi connectivity index (χ0v) is 12.6. The molecule has 1 rings (SSSR count). The van der Waals surface area contributed by atoms with Gasteiger partial charge in [-0.25, -0.2) is 0 Å². The maximum absolute atomic E-state index is 8.87. The second kappa shape index (κ2) is 6.64. The minimum atomic E-state index is 0.119. The van der Waals surface area contributed by atoms with E-state index in [1.54, 1.807) is 0 Å². The largest absolute Gasteiger partial charge is 0.409 e. The van der Waals surface area contributed by atoms with Crippen LogP contribution in [0.15, 0.2) is 27.8 Å². The number of oxime groups is 1. The Morgan fingerprint density at radius 3 is 2.78 bits per heavy atom.